The molecule has 1 aliphatic heterocycles. The molecule has 2 heterocycles. The molecule has 10 aromatic rings. The van der Waals surface area contributed by atoms with Gasteiger partial charge >= 0.3 is 0 Å². The number of para-hydroxylation sites is 2. The summed E-state index contributed by atoms with van der Waals surface area (Å²) in [6, 6.07) is 76.6. The third-order valence-electron chi connectivity index (χ3n) is 12.6. The molecule has 1 aromatic heterocycles. The number of benzene rings is 9. The van der Waals surface area contributed by atoms with Gasteiger partial charge in [0.2, 0.25) is 0 Å². The Labute approximate surface area is 359 Å². The Morgan fingerprint density at radius 3 is 1.76 bits per heavy atom. The molecule has 0 saturated heterocycles. The van der Waals surface area contributed by atoms with E-state index in [9.17, 15) is 5.26 Å². The molecular weight excluding hydrogens is 755 g/mol. The van der Waals surface area contributed by atoms with Crippen LogP contribution in [0.15, 0.2) is 212 Å². The van der Waals surface area contributed by atoms with E-state index in [0.717, 1.165) is 67.2 Å². The third kappa shape index (κ3) is 5.32. The lowest BCUT2D eigenvalue weighted by Gasteiger charge is -2.40. The topological polar surface area (TPSA) is 58.8 Å². The summed E-state index contributed by atoms with van der Waals surface area (Å²) in [7, 11) is 0. The maximum atomic E-state index is 9.48. The second kappa shape index (κ2) is 14.1. The zero-order valence-electron chi connectivity index (χ0n) is 33.5. The van der Waals surface area contributed by atoms with Crippen LogP contribution >= 0.6 is 0 Å². The van der Waals surface area contributed by atoms with E-state index in [-0.39, 0.29) is 0 Å². The van der Waals surface area contributed by atoms with E-state index >= 15 is 0 Å². The highest BCUT2D eigenvalue weighted by atomic mass is 16.5. The number of fused-ring (bicyclic) bond motifs is 10. The highest BCUT2D eigenvalue weighted by Gasteiger charge is 2.52. The largest absolute Gasteiger partial charge is 0.456 e. The molecular formula is C58H35N3O. The lowest BCUT2D eigenvalue weighted by Crippen LogP contribution is -2.32. The van der Waals surface area contributed by atoms with Crippen LogP contribution in [-0.2, 0) is 5.41 Å². The van der Waals surface area contributed by atoms with Gasteiger partial charge in [0.1, 0.15) is 11.5 Å². The molecule has 0 N–H and O–H groups in total. The molecule has 0 bridgehead atoms. The fourth-order valence-corrected chi connectivity index (χ4v) is 9.97. The van der Waals surface area contributed by atoms with E-state index < -0.39 is 5.41 Å². The van der Waals surface area contributed by atoms with Gasteiger partial charge in [-0.25, -0.2) is 9.97 Å². The van der Waals surface area contributed by atoms with Gasteiger partial charge in [-0.05, 0) is 85.6 Å². The lowest BCUT2D eigenvalue weighted by atomic mass is 9.65. The highest BCUT2D eigenvalue weighted by Crippen LogP contribution is 2.64. The predicted octanol–water partition coefficient (Wildman–Crippen LogP) is 14.3. The van der Waals surface area contributed by atoms with Gasteiger partial charge in [-0.1, -0.05) is 182 Å². The zero-order valence-corrected chi connectivity index (χ0v) is 33.5. The molecule has 1 unspecified atom stereocenters. The second-order valence-corrected chi connectivity index (χ2v) is 15.9. The Bertz CT molecular complexity index is 3390. The van der Waals surface area contributed by atoms with Gasteiger partial charge in [0.05, 0.1) is 28.4 Å². The van der Waals surface area contributed by atoms with Crippen LogP contribution in [-0.4, -0.2) is 9.97 Å². The van der Waals surface area contributed by atoms with Crippen molar-refractivity contribution in [2.24, 2.45) is 0 Å². The van der Waals surface area contributed by atoms with Gasteiger partial charge < -0.3 is 4.74 Å². The van der Waals surface area contributed by atoms with Crippen LogP contribution in [0, 0.1) is 11.3 Å². The van der Waals surface area contributed by atoms with Crippen LogP contribution in [0.4, 0.5) is 0 Å². The van der Waals surface area contributed by atoms with Crippen molar-refractivity contribution in [3.8, 4) is 84.9 Å². The number of nitriles is 1. The first-order chi connectivity index (χ1) is 30.7. The Balaban J connectivity index is 1.11. The molecule has 0 radical (unpaired) electrons. The summed E-state index contributed by atoms with van der Waals surface area (Å²) in [4.78, 5) is 10.4. The number of rotatable bonds is 5. The van der Waals surface area contributed by atoms with Gasteiger partial charge in [0.15, 0.2) is 5.82 Å². The summed E-state index contributed by atoms with van der Waals surface area (Å²) in [5.74, 6) is 2.26. The number of ether oxygens (including phenoxy) is 1. The van der Waals surface area contributed by atoms with E-state index in [2.05, 4.69) is 158 Å². The maximum Gasteiger partial charge on any atom is 0.160 e. The van der Waals surface area contributed by atoms with E-state index in [1.165, 1.54) is 38.8 Å². The van der Waals surface area contributed by atoms with Crippen LogP contribution in [0.5, 0.6) is 11.5 Å². The Morgan fingerprint density at radius 1 is 0.403 bits per heavy atom. The third-order valence-corrected chi connectivity index (χ3v) is 12.6. The molecule has 4 heteroatoms. The summed E-state index contributed by atoms with van der Waals surface area (Å²) < 4.78 is 7.14. The number of hydrogen-bond acceptors (Lipinski definition) is 4. The maximum absolute atomic E-state index is 9.48. The van der Waals surface area contributed by atoms with Crippen LogP contribution < -0.4 is 4.74 Å². The molecule has 0 saturated carbocycles. The van der Waals surface area contributed by atoms with Crippen molar-refractivity contribution in [3.05, 3.63) is 240 Å². The monoisotopic (exact) mass is 789 g/mol. The summed E-state index contributed by atoms with van der Waals surface area (Å²) in [5.41, 5.74) is 16.0. The molecule has 1 aliphatic carbocycles. The van der Waals surface area contributed by atoms with Gasteiger partial charge in [-0.3, -0.25) is 0 Å². The average Bonchev–Trinajstić information content (AvgIpc) is 3.65. The zero-order chi connectivity index (χ0) is 41.2. The van der Waals surface area contributed by atoms with E-state index in [1.807, 2.05) is 60.7 Å². The molecule has 2 aliphatic rings. The molecule has 0 amide bonds. The van der Waals surface area contributed by atoms with Crippen LogP contribution in [0.1, 0.15) is 27.8 Å². The second-order valence-electron chi connectivity index (χ2n) is 15.9. The summed E-state index contributed by atoms with van der Waals surface area (Å²) in [5, 5.41) is 11.8. The van der Waals surface area contributed by atoms with Gasteiger partial charge in [-0.2, -0.15) is 5.26 Å². The SMILES string of the molecule is N#Cc1ccc(-c2ccc(-c3cccc4c3-c3ccccc3C43c4ccccc4Oc4c(-c5cc(-c6ccccc6)nc(-c6ccccc6)n5)cccc43)c3ccccc23)cc1. The minimum atomic E-state index is -0.697. The fraction of sp³-hybridized carbons (Fsp3) is 0.0172. The molecule has 1 atom stereocenters. The quantitative estimate of drug-likeness (QED) is 0.174. The highest BCUT2D eigenvalue weighted by molar-refractivity contribution is 6.08. The summed E-state index contributed by atoms with van der Waals surface area (Å²) in [6.45, 7) is 0. The van der Waals surface area contributed by atoms with Gasteiger partial charge in [0, 0.05) is 27.8 Å². The summed E-state index contributed by atoms with van der Waals surface area (Å²) >= 11 is 0. The minimum absolute atomic E-state index is 0.649. The van der Waals surface area contributed by atoms with Gasteiger partial charge in [-0.15, -0.1) is 0 Å². The van der Waals surface area contributed by atoms with Crippen molar-refractivity contribution in [3.63, 3.8) is 0 Å². The molecule has 1 spiro atoms. The van der Waals surface area contributed by atoms with Crippen molar-refractivity contribution in [1.29, 1.82) is 5.26 Å². The number of nitrogens with zero attached hydrogens (tertiary/aromatic N) is 3. The first kappa shape index (κ1) is 35.5. The van der Waals surface area contributed by atoms with Crippen LogP contribution in [0.3, 0.4) is 0 Å². The first-order valence-electron chi connectivity index (χ1n) is 20.9. The summed E-state index contributed by atoms with van der Waals surface area (Å²) in [6.07, 6.45) is 0. The Kier molecular flexibility index (Phi) is 8.10. The smallest absolute Gasteiger partial charge is 0.160 e. The van der Waals surface area contributed by atoms with Crippen molar-refractivity contribution in [2.75, 3.05) is 0 Å². The Morgan fingerprint density at radius 2 is 0.984 bits per heavy atom. The number of aromatic nitrogens is 2. The fourth-order valence-electron chi connectivity index (χ4n) is 9.97. The van der Waals surface area contributed by atoms with E-state index in [0.29, 0.717) is 11.4 Å². The molecule has 9 aromatic carbocycles. The van der Waals surface area contributed by atoms with Crippen molar-refractivity contribution in [1.82, 2.24) is 9.97 Å². The molecule has 4 nitrogen and oxygen atoms in total. The Hall–Kier alpha value is -8.39. The molecule has 0 fully saturated rings. The van der Waals surface area contributed by atoms with E-state index in [4.69, 9.17) is 14.7 Å². The predicted molar refractivity (Wildman–Crippen MR) is 249 cm³/mol. The normalized spacial score (nSPS) is 14.3. The average molecular weight is 790 g/mol. The first-order valence-corrected chi connectivity index (χ1v) is 20.9. The van der Waals surface area contributed by atoms with Gasteiger partial charge in [0.25, 0.3) is 0 Å². The minimum Gasteiger partial charge on any atom is -0.456 e. The standard InChI is InChI=1S/C58H35N3O/c59-36-37-29-31-38(32-30-37)41-33-34-44(43-20-8-7-19-42(41)43)45-22-13-26-50-55(45)46-21-9-10-24-48(46)58(50)49-25-11-12-28-54(49)62-56-47(23-14-27-51(56)58)53-35-52(39-15-3-1-4-16-39)60-57(61-53)40-17-5-2-6-18-40/h1-35H. The van der Waals surface area contributed by atoms with Crippen molar-refractivity contribution in [2.45, 2.75) is 5.41 Å². The van der Waals surface area contributed by atoms with Crippen molar-refractivity contribution >= 4 is 10.8 Å². The van der Waals surface area contributed by atoms with Crippen LogP contribution in [0.25, 0.3) is 78.1 Å². The van der Waals surface area contributed by atoms with E-state index in [1.54, 1.807) is 0 Å². The molecule has 62 heavy (non-hydrogen) atoms. The van der Waals surface area contributed by atoms with Crippen molar-refractivity contribution < 1.29 is 4.74 Å². The molecule has 288 valence electrons. The molecule has 12 rings (SSSR count). The number of hydrogen-bond donors (Lipinski definition) is 0. The lowest BCUT2D eigenvalue weighted by molar-refractivity contribution is 0.438. The van der Waals surface area contributed by atoms with Crippen LogP contribution in [0.2, 0.25) is 0 Å².